The third-order valence-corrected chi connectivity index (χ3v) is 3.66. The molecular weight excluding hydrogens is 298 g/mol. The van der Waals surface area contributed by atoms with Crippen LogP contribution in [0.1, 0.15) is 5.69 Å². The van der Waals surface area contributed by atoms with Crippen LogP contribution in [0.5, 0.6) is 0 Å². The van der Waals surface area contributed by atoms with Gasteiger partial charge in [0.05, 0.1) is 5.52 Å². The summed E-state index contributed by atoms with van der Waals surface area (Å²) in [6.07, 6.45) is 3.49. The number of aromatic nitrogens is 4. The molecule has 3 heterocycles. The fourth-order valence-electron chi connectivity index (χ4n) is 2.53. The Labute approximate surface area is 139 Å². The monoisotopic (exact) mass is 313 g/mol. The minimum Gasteiger partial charge on any atom is -0.340 e. The summed E-state index contributed by atoms with van der Waals surface area (Å²) in [6.45, 7) is 1.96. The maximum Gasteiger partial charge on any atom is 0.180 e. The number of aryl methyl sites for hydroxylation is 1. The molecule has 1 N–H and O–H groups in total. The molecule has 0 radical (unpaired) electrons. The molecule has 0 fully saturated rings. The van der Waals surface area contributed by atoms with E-state index in [1.165, 1.54) is 0 Å². The van der Waals surface area contributed by atoms with Gasteiger partial charge in [-0.05, 0) is 43.3 Å². The largest absolute Gasteiger partial charge is 0.340 e. The first-order valence-corrected chi connectivity index (χ1v) is 7.67. The van der Waals surface area contributed by atoms with E-state index < -0.39 is 0 Å². The Balaban J connectivity index is 1.88. The molecule has 1 aromatic carbocycles. The molecule has 0 aliphatic heterocycles. The summed E-state index contributed by atoms with van der Waals surface area (Å²) in [5, 5.41) is 4.32. The van der Waals surface area contributed by atoms with Crippen LogP contribution in [0.15, 0.2) is 67.0 Å². The van der Waals surface area contributed by atoms with E-state index in [-0.39, 0.29) is 0 Å². The summed E-state index contributed by atoms with van der Waals surface area (Å²) >= 11 is 0. The van der Waals surface area contributed by atoms with Crippen molar-refractivity contribution in [2.45, 2.75) is 6.92 Å². The molecule has 5 nitrogen and oxygen atoms in total. The molecule has 4 aromatic rings. The van der Waals surface area contributed by atoms with E-state index in [9.17, 15) is 0 Å². The predicted octanol–water partition coefficient (Wildman–Crippen LogP) is 4.14. The molecule has 0 unspecified atom stereocenters. The lowest BCUT2D eigenvalue weighted by Crippen LogP contribution is -2.00. The number of pyridine rings is 2. The van der Waals surface area contributed by atoms with Gasteiger partial charge < -0.3 is 5.32 Å². The van der Waals surface area contributed by atoms with Crippen molar-refractivity contribution in [3.8, 4) is 11.5 Å². The molecule has 3 aromatic heterocycles. The van der Waals surface area contributed by atoms with Crippen molar-refractivity contribution in [1.82, 2.24) is 19.9 Å². The van der Waals surface area contributed by atoms with Crippen molar-refractivity contribution in [2.75, 3.05) is 5.32 Å². The molecule has 0 atom stereocenters. The number of nitrogens with one attached hydrogen (secondary N) is 1. The molecule has 0 saturated heterocycles. The topological polar surface area (TPSA) is 63.6 Å². The van der Waals surface area contributed by atoms with Crippen LogP contribution in [0.3, 0.4) is 0 Å². The van der Waals surface area contributed by atoms with Crippen molar-refractivity contribution in [3.05, 3.63) is 72.7 Å². The molecule has 5 heteroatoms. The fraction of sp³-hybridized carbons (Fsp3) is 0.0526. The number of hydrogen-bond acceptors (Lipinski definition) is 5. The Hall–Kier alpha value is -3.34. The third-order valence-electron chi connectivity index (χ3n) is 3.66. The number of benzene rings is 1. The van der Waals surface area contributed by atoms with Crippen LogP contribution in [-0.2, 0) is 0 Å². The molecular formula is C19H15N5. The Bertz CT molecular complexity index is 999. The summed E-state index contributed by atoms with van der Waals surface area (Å²) < 4.78 is 0. The van der Waals surface area contributed by atoms with Crippen LogP contribution in [0.2, 0.25) is 0 Å². The maximum atomic E-state index is 4.70. The molecule has 116 valence electrons. The molecule has 0 aliphatic rings. The Morgan fingerprint density at radius 2 is 1.62 bits per heavy atom. The predicted molar refractivity (Wildman–Crippen MR) is 95.0 cm³/mol. The molecule has 0 spiro atoms. The van der Waals surface area contributed by atoms with Crippen molar-refractivity contribution in [3.63, 3.8) is 0 Å². The van der Waals surface area contributed by atoms with Crippen molar-refractivity contribution < 1.29 is 0 Å². The van der Waals surface area contributed by atoms with Crippen LogP contribution in [0, 0.1) is 6.92 Å². The van der Waals surface area contributed by atoms with E-state index in [1.54, 1.807) is 12.4 Å². The molecule has 0 aliphatic carbocycles. The van der Waals surface area contributed by atoms with Gasteiger partial charge in [-0.15, -0.1) is 0 Å². The highest BCUT2D eigenvalue weighted by Gasteiger charge is 2.10. The van der Waals surface area contributed by atoms with Gasteiger partial charge in [0.2, 0.25) is 0 Å². The molecule has 0 saturated carbocycles. The summed E-state index contributed by atoms with van der Waals surface area (Å²) in [5.41, 5.74) is 3.51. The average molecular weight is 313 g/mol. The zero-order valence-corrected chi connectivity index (χ0v) is 13.1. The normalized spacial score (nSPS) is 10.7. The van der Waals surface area contributed by atoms with E-state index in [0.29, 0.717) is 5.82 Å². The van der Waals surface area contributed by atoms with Crippen molar-refractivity contribution >= 4 is 22.4 Å². The minimum absolute atomic E-state index is 0.606. The number of para-hydroxylation sites is 1. The highest BCUT2D eigenvalue weighted by atomic mass is 15.0. The lowest BCUT2D eigenvalue weighted by molar-refractivity contribution is 1.14. The van der Waals surface area contributed by atoms with Gasteiger partial charge >= 0.3 is 0 Å². The minimum atomic E-state index is 0.606. The van der Waals surface area contributed by atoms with Gasteiger partial charge in [0.25, 0.3) is 0 Å². The number of rotatable bonds is 3. The van der Waals surface area contributed by atoms with Gasteiger partial charge in [0.15, 0.2) is 5.82 Å². The fourth-order valence-corrected chi connectivity index (χ4v) is 2.53. The van der Waals surface area contributed by atoms with Crippen LogP contribution in [-0.4, -0.2) is 19.9 Å². The van der Waals surface area contributed by atoms with Crippen molar-refractivity contribution in [1.29, 1.82) is 0 Å². The second-order valence-electron chi connectivity index (χ2n) is 5.44. The first-order valence-electron chi connectivity index (χ1n) is 7.67. The first-order chi connectivity index (χ1) is 11.8. The summed E-state index contributed by atoms with van der Waals surface area (Å²) in [6, 6.07) is 17.6. The molecule has 4 rings (SSSR count). The second-order valence-corrected chi connectivity index (χ2v) is 5.44. The third kappa shape index (κ3) is 2.79. The SMILES string of the molecule is Cc1cccc(-c2nc(Nc3ccncc3)c3ccccc3n2)n1. The van der Waals surface area contributed by atoms with Crippen LogP contribution >= 0.6 is 0 Å². The van der Waals surface area contributed by atoms with Gasteiger partial charge in [0.1, 0.15) is 11.5 Å². The van der Waals surface area contributed by atoms with E-state index in [1.807, 2.05) is 61.5 Å². The van der Waals surface area contributed by atoms with E-state index in [4.69, 9.17) is 4.98 Å². The molecule has 0 amide bonds. The second kappa shape index (κ2) is 6.04. The average Bonchev–Trinajstić information content (AvgIpc) is 2.62. The molecule has 0 bridgehead atoms. The highest BCUT2D eigenvalue weighted by molar-refractivity contribution is 5.92. The van der Waals surface area contributed by atoms with Gasteiger partial charge in [-0.1, -0.05) is 18.2 Å². The number of nitrogens with zero attached hydrogens (tertiary/aromatic N) is 4. The van der Waals surface area contributed by atoms with Crippen LogP contribution in [0.25, 0.3) is 22.4 Å². The quantitative estimate of drug-likeness (QED) is 0.616. The number of fused-ring (bicyclic) bond motifs is 1. The van der Waals surface area contributed by atoms with E-state index in [0.717, 1.165) is 33.8 Å². The zero-order chi connectivity index (χ0) is 16.4. The lowest BCUT2D eigenvalue weighted by atomic mass is 10.2. The van der Waals surface area contributed by atoms with Crippen LogP contribution < -0.4 is 5.32 Å². The van der Waals surface area contributed by atoms with Gasteiger partial charge in [-0.25, -0.2) is 15.0 Å². The summed E-state index contributed by atoms with van der Waals surface area (Å²) in [5.74, 6) is 1.36. The summed E-state index contributed by atoms with van der Waals surface area (Å²) in [4.78, 5) is 17.9. The van der Waals surface area contributed by atoms with Crippen molar-refractivity contribution in [2.24, 2.45) is 0 Å². The summed E-state index contributed by atoms with van der Waals surface area (Å²) in [7, 11) is 0. The zero-order valence-electron chi connectivity index (χ0n) is 13.1. The van der Waals surface area contributed by atoms with Gasteiger partial charge in [-0.3, -0.25) is 4.98 Å². The number of hydrogen-bond donors (Lipinski definition) is 1. The lowest BCUT2D eigenvalue weighted by Gasteiger charge is -2.10. The van der Waals surface area contributed by atoms with Crippen LogP contribution in [0.4, 0.5) is 11.5 Å². The smallest absolute Gasteiger partial charge is 0.180 e. The number of anilines is 2. The standard InChI is InChI=1S/C19H15N5/c1-13-5-4-8-17(21-13)19-23-16-7-3-2-6-15(16)18(24-19)22-14-9-11-20-12-10-14/h2-12H,1H3,(H,20,22,23,24). The van der Waals surface area contributed by atoms with Gasteiger partial charge in [0, 0.05) is 29.2 Å². The Kier molecular flexibility index (Phi) is 3.59. The van der Waals surface area contributed by atoms with E-state index >= 15 is 0 Å². The Morgan fingerprint density at radius 3 is 2.46 bits per heavy atom. The molecule has 24 heavy (non-hydrogen) atoms. The Morgan fingerprint density at radius 1 is 0.792 bits per heavy atom. The highest BCUT2D eigenvalue weighted by Crippen LogP contribution is 2.26. The first kappa shape index (κ1) is 14.3. The maximum absolute atomic E-state index is 4.70. The van der Waals surface area contributed by atoms with E-state index in [2.05, 4.69) is 20.3 Å². The van der Waals surface area contributed by atoms with Gasteiger partial charge in [-0.2, -0.15) is 0 Å².